The fourth-order valence-electron chi connectivity index (χ4n) is 2.01. The number of carbonyl (C=O) groups excluding carboxylic acids is 1. The number of methoxy groups -OCH3 is 1. The van der Waals surface area contributed by atoms with E-state index in [4.69, 9.17) is 4.74 Å². The number of hydrogen-bond donors (Lipinski definition) is 0. The molecular weight excluding hydrogens is 180 g/mol. The summed E-state index contributed by atoms with van der Waals surface area (Å²) in [4.78, 5) is 15.6. The molecule has 4 heteroatoms. The highest BCUT2D eigenvalue weighted by molar-refractivity contribution is 5.78. The second-order valence-corrected chi connectivity index (χ2v) is 4.21. The van der Waals surface area contributed by atoms with Crippen molar-refractivity contribution in [1.29, 1.82) is 0 Å². The van der Waals surface area contributed by atoms with Gasteiger partial charge in [-0.15, -0.1) is 0 Å². The molecule has 0 N–H and O–H groups in total. The van der Waals surface area contributed by atoms with Crippen molar-refractivity contribution >= 4 is 5.91 Å². The van der Waals surface area contributed by atoms with Gasteiger partial charge in [-0.05, 0) is 13.5 Å². The summed E-state index contributed by atoms with van der Waals surface area (Å²) in [6, 6.07) is 0.397. The summed E-state index contributed by atoms with van der Waals surface area (Å²) in [5.41, 5.74) is 0. The lowest BCUT2D eigenvalue weighted by Crippen LogP contribution is -2.31. The number of amides is 1. The molecule has 0 aromatic rings. The van der Waals surface area contributed by atoms with Gasteiger partial charge in [-0.2, -0.15) is 0 Å². The van der Waals surface area contributed by atoms with Gasteiger partial charge in [0, 0.05) is 33.8 Å². The van der Waals surface area contributed by atoms with E-state index in [0.717, 1.165) is 13.0 Å². The second kappa shape index (κ2) is 4.75. The first-order chi connectivity index (χ1) is 6.56. The van der Waals surface area contributed by atoms with Crippen molar-refractivity contribution in [1.82, 2.24) is 9.80 Å². The summed E-state index contributed by atoms with van der Waals surface area (Å²) >= 11 is 0. The first-order valence-electron chi connectivity index (χ1n) is 4.96. The van der Waals surface area contributed by atoms with E-state index in [9.17, 15) is 4.79 Å². The third-order valence-electron chi connectivity index (χ3n) is 2.84. The Kier molecular flexibility index (Phi) is 3.89. The smallest absolute Gasteiger partial charge is 0.226 e. The Morgan fingerprint density at radius 2 is 2.21 bits per heavy atom. The highest BCUT2D eigenvalue weighted by Crippen LogP contribution is 2.22. The number of hydrogen-bond acceptors (Lipinski definition) is 3. The molecule has 0 aliphatic carbocycles. The van der Waals surface area contributed by atoms with Crippen LogP contribution in [0.25, 0.3) is 0 Å². The van der Waals surface area contributed by atoms with Gasteiger partial charge >= 0.3 is 0 Å². The van der Waals surface area contributed by atoms with Crippen LogP contribution in [0.1, 0.15) is 6.42 Å². The Hall–Kier alpha value is -0.610. The SMILES string of the molecule is COCC1C[C@H](C(=O)N(C)C)CN1C. The first kappa shape index (κ1) is 11.5. The minimum absolute atomic E-state index is 0.148. The molecule has 1 aliphatic rings. The standard InChI is InChI=1S/C10H20N2O2/c1-11(2)10(13)8-5-9(7-14-4)12(3)6-8/h8-9H,5-7H2,1-4H3/t8-,9?/m0/s1. The molecule has 1 amide bonds. The van der Waals surface area contributed by atoms with Crippen LogP contribution >= 0.6 is 0 Å². The Morgan fingerprint density at radius 1 is 1.57 bits per heavy atom. The second-order valence-electron chi connectivity index (χ2n) is 4.21. The van der Waals surface area contributed by atoms with Crippen molar-refractivity contribution in [3.8, 4) is 0 Å². The maximum absolute atomic E-state index is 11.7. The average Bonchev–Trinajstić information content (AvgIpc) is 2.47. The lowest BCUT2D eigenvalue weighted by atomic mass is 10.0. The fraction of sp³-hybridized carbons (Fsp3) is 0.900. The minimum atomic E-state index is 0.148. The van der Waals surface area contributed by atoms with Crippen LogP contribution < -0.4 is 0 Å². The number of nitrogens with zero attached hydrogens (tertiary/aromatic N) is 2. The van der Waals surface area contributed by atoms with Crippen molar-refractivity contribution in [2.24, 2.45) is 5.92 Å². The lowest BCUT2D eigenvalue weighted by molar-refractivity contribution is -0.132. The maximum Gasteiger partial charge on any atom is 0.226 e. The molecule has 1 fully saturated rings. The molecule has 1 rings (SSSR count). The van der Waals surface area contributed by atoms with Crippen LogP contribution in [0.2, 0.25) is 0 Å². The summed E-state index contributed by atoms with van der Waals surface area (Å²) in [5.74, 6) is 0.380. The molecule has 0 saturated carbocycles. The monoisotopic (exact) mass is 200 g/mol. The molecule has 0 spiro atoms. The van der Waals surface area contributed by atoms with Gasteiger partial charge in [-0.3, -0.25) is 4.79 Å². The van der Waals surface area contributed by atoms with Gasteiger partial charge in [0.05, 0.1) is 12.5 Å². The molecule has 1 aliphatic heterocycles. The van der Waals surface area contributed by atoms with E-state index < -0.39 is 0 Å². The van der Waals surface area contributed by atoms with Crippen molar-refractivity contribution in [3.05, 3.63) is 0 Å². The van der Waals surface area contributed by atoms with Gasteiger partial charge in [0.1, 0.15) is 0 Å². The first-order valence-corrected chi connectivity index (χ1v) is 4.96. The molecule has 0 aromatic heterocycles. The quantitative estimate of drug-likeness (QED) is 0.645. The average molecular weight is 200 g/mol. The van der Waals surface area contributed by atoms with Crippen LogP contribution in [0.5, 0.6) is 0 Å². The molecule has 0 aromatic carbocycles. The Labute approximate surface area is 85.8 Å². The van der Waals surface area contributed by atoms with Crippen molar-refractivity contribution in [2.45, 2.75) is 12.5 Å². The Balaban J connectivity index is 2.49. The van der Waals surface area contributed by atoms with Gasteiger partial charge in [0.25, 0.3) is 0 Å². The maximum atomic E-state index is 11.7. The van der Waals surface area contributed by atoms with E-state index in [1.54, 1.807) is 12.0 Å². The molecule has 0 radical (unpaired) electrons. The zero-order valence-electron chi connectivity index (χ0n) is 9.49. The van der Waals surface area contributed by atoms with Crippen LogP contribution in [0.4, 0.5) is 0 Å². The summed E-state index contributed by atoms with van der Waals surface area (Å²) in [5, 5.41) is 0. The van der Waals surface area contributed by atoms with E-state index in [1.165, 1.54) is 0 Å². The third kappa shape index (κ3) is 2.45. The highest BCUT2D eigenvalue weighted by atomic mass is 16.5. The topological polar surface area (TPSA) is 32.8 Å². The predicted octanol–water partition coefficient (Wildman–Crippen LogP) is 0.0413. The largest absolute Gasteiger partial charge is 0.383 e. The van der Waals surface area contributed by atoms with Crippen molar-refractivity contribution in [3.63, 3.8) is 0 Å². The minimum Gasteiger partial charge on any atom is -0.383 e. The van der Waals surface area contributed by atoms with E-state index >= 15 is 0 Å². The number of likely N-dealkylation sites (N-methyl/N-ethyl adjacent to an activating group) is 1. The van der Waals surface area contributed by atoms with Gasteiger partial charge in [0.2, 0.25) is 5.91 Å². The number of ether oxygens (including phenoxy) is 1. The van der Waals surface area contributed by atoms with Gasteiger partial charge in [-0.25, -0.2) is 0 Å². The van der Waals surface area contributed by atoms with Crippen LogP contribution in [-0.4, -0.2) is 63.2 Å². The number of carbonyl (C=O) groups is 1. The number of likely N-dealkylation sites (tertiary alicyclic amines) is 1. The van der Waals surface area contributed by atoms with E-state index in [0.29, 0.717) is 12.6 Å². The van der Waals surface area contributed by atoms with Gasteiger partial charge in [0.15, 0.2) is 0 Å². The van der Waals surface area contributed by atoms with Crippen LogP contribution in [-0.2, 0) is 9.53 Å². The Bertz CT molecular complexity index is 206. The highest BCUT2D eigenvalue weighted by Gasteiger charge is 2.34. The zero-order valence-corrected chi connectivity index (χ0v) is 9.49. The van der Waals surface area contributed by atoms with E-state index in [1.807, 2.05) is 21.1 Å². The molecular formula is C10H20N2O2. The van der Waals surface area contributed by atoms with Gasteiger partial charge < -0.3 is 14.5 Å². The van der Waals surface area contributed by atoms with Crippen LogP contribution in [0.15, 0.2) is 0 Å². The molecule has 2 atom stereocenters. The summed E-state index contributed by atoms with van der Waals surface area (Å²) in [6.07, 6.45) is 0.918. The third-order valence-corrected chi connectivity index (χ3v) is 2.84. The fourth-order valence-corrected chi connectivity index (χ4v) is 2.01. The summed E-state index contributed by atoms with van der Waals surface area (Å²) in [6.45, 7) is 1.57. The van der Waals surface area contributed by atoms with Crippen molar-refractivity contribution < 1.29 is 9.53 Å². The molecule has 1 saturated heterocycles. The number of rotatable bonds is 3. The molecule has 4 nitrogen and oxygen atoms in total. The summed E-state index contributed by atoms with van der Waals surface area (Å²) in [7, 11) is 7.37. The van der Waals surface area contributed by atoms with Gasteiger partial charge in [-0.1, -0.05) is 0 Å². The zero-order chi connectivity index (χ0) is 10.7. The lowest BCUT2D eigenvalue weighted by Gasteiger charge is -2.17. The molecule has 14 heavy (non-hydrogen) atoms. The molecule has 0 bridgehead atoms. The molecule has 1 heterocycles. The van der Waals surface area contributed by atoms with E-state index in [-0.39, 0.29) is 11.8 Å². The van der Waals surface area contributed by atoms with Crippen molar-refractivity contribution in [2.75, 3.05) is 41.4 Å². The van der Waals surface area contributed by atoms with Crippen LogP contribution in [0, 0.1) is 5.92 Å². The Morgan fingerprint density at radius 3 is 2.71 bits per heavy atom. The summed E-state index contributed by atoms with van der Waals surface area (Å²) < 4.78 is 5.12. The predicted molar refractivity (Wildman–Crippen MR) is 55.1 cm³/mol. The molecule has 82 valence electrons. The normalized spacial score (nSPS) is 28.0. The molecule has 1 unspecified atom stereocenters. The van der Waals surface area contributed by atoms with Crippen LogP contribution in [0.3, 0.4) is 0 Å². The van der Waals surface area contributed by atoms with E-state index in [2.05, 4.69) is 4.90 Å².